The summed E-state index contributed by atoms with van der Waals surface area (Å²) in [6.45, 7) is 0. The van der Waals surface area contributed by atoms with Gasteiger partial charge in [0.2, 0.25) is 0 Å². The summed E-state index contributed by atoms with van der Waals surface area (Å²) in [5, 5.41) is 19.3. The minimum Gasteiger partial charge on any atom is -0.464 e. The Morgan fingerprint density at radius 2 is 2.28 bits per heavy atom. The van der Waals surface area contributed by atoms with Crippen LogP contribution in [0, 0.1) is 21.4 Å². The van der Waals surface area contributed by atoms with Crippen LogP contribution in [0.4, 0.5) is 14.5 Å². The van der Waals surface area contributed by atoms with Crippen molar-refractivity contribution in [2.24, 2.45) is 0 Å². The lowest BCUT2D eigenvalue weighted by Gasteiger charge is -2.05. The molecule has 0 aliphatic rings. The third-order valence-corrected chi connectivity index (χ3v) is 1.94. The number of pyridine rings is 1. The number of halogens is 2. The molecule has 0 saturated heterocycles. The molecule has 0 aliphatic heterocycles. The Kier molecular flexibility index (Phi) is 3.83. The summed E-state index contributed by atoms with van der Waals surface area (Å²) < 4.78 is 29.5. The van der Waals surface area contributed by atoms with Crippen molar-refractivity contribution >= 4 is 11.7 Å². The Bertz CT molecular complexity index is 553. The van der Waals surface area contributed by atoms with E-state index in [1.807, 2.05) is 0 Å². The maximum absolute atomic E-state index is 12.6. The Morgan fingerprint density at radius 1 is 1.67 bits per heavy atom. The van der Waals surface area contributed by atoms with Crippen LogP contribution in [-0.2, 0) is 4.74 Å². The molecule has 1 heterocycles. The molecule has 94 valence electrons. The number of hydrogen-bond acceptors (Lipinski definition) is 6. The van der Waals surface area contributed by atoms with Gasteiger partial charge in [0.25, 0.3) is 12.1 Å². The van der Waals surface area contributed by atoms with Gasteiger partial charge >= 0.3 is 5.97 Å². The van der Waals surface area contributed by atoms with Crippen LogP contribution < -0.4 is 0 Å². The predicted molar refractivity (Wildman–Crippen MR) is 51.9 cm³/mol. The van der Waals surface area contributed by atoms with Gasteiger partial charge in [-0.1, -0.05) is 0 Å². The smallest absolute Gasteiger partial charge is 0.356 e. The van der Waals surface area contributed by atoms with E-state index in [-0.39, 0.29) is 0 Å². The number of esters is 1. The second kappa shape index (κ2) is 5.13. The van der Waals surface area contributed by atoms with Crippen LogP contribution in [0.5, 0.6) is 0 Å². The molecule has 0 spiro atoms. The molecule has 0 atom stereocenters. The lowest BCUT2D eigenvalue weighted by Crippen LogP contribution is -2.10. The number of rotatable bonds is 3. The first-order valence-electron chi connectivity index (χ1n) is 4.38. The van der Waals surface area contributed by atoms with Crippen LogP contribution in [0.25, 0.3) is 0 Å². The number of ether oxygens (including phenoxy) is 1. The van der Waals surface area contributed by atoms with Gasteiger partial charge in [0.1, 0.15) is 11.8 Å². The van der Waals surface area contributed by atoms with Gasteiger partial charge in [0.05, 0.1) is 18.1 Å². The first-order chi connectivity index (χ1) is 8.42. The average Bonchev–Trinajstić information content (AvgIpc) is 2.35. The minimum absolute atomic E-state index is 0.621. The van der Waals surface area contributed by atoms with E-state index >= 15 is 0 Å². The summed E-state index contributed by atoms with van der Waals surface area (Å²) in [6, 6.07) is 1.90. The molecule has 0 aromatic carbocycles. The molecule has 0 unspecified atom stereocenters. The van der Waals surface area contributed by atoms with Crippen molar-refractivity contribution < 1.29 is 23.2 Å². The number of alkyl halides is 2. The molecule has 0 bridgehead atoms. The van der Waals surface area contributed by atoms with E-state index in [9.17, 15) is 23.7 Å². The summed E-state index contributed by atoms with van der Waals surface area (Å²) in [4.78, 5) is 23.9. The van der Waals surface area contributed by atoms with Crippen LogP contribution in [-0.4, -0.2) is 23.0 Å². The minimum atomic E-state index is -3.22. The lowest BCUT2D eigenvalue weighted by atomic mass is 10.1. The number of carbonyl (C=O) groups excluding carboxylic acids is 1. The van der Waals surface area contributed by atoms with Crippen molar-refractivity contribution in [3.05, 3.63) is 33.1 Å². The van der Waals surface area contributed by atoms with Crippen molar-refractivity contribution in [3.8, 4) is 6.07 Å². The highest BCUT2D eigenvalue weighted by atomic mass is 19.3. The Balaban J connectivity index is 3.60. The SMILES string of the molecule is COC(=O)c1cc([N+](=O)[O-])c(C#N)c(C(F)F)n1. The van der Waals surface area contributed by atoms with Gasteiger partial charge in [0, 0.05) is 0 Å². The summed E-state index contributed by atoms with van der Waals surface area (Å²) in [6.07, 6.45) is -3.22. The Hall–Kier alpha value is -2.63. The van der Waals surface area contributed by atoms with E-state index in [0.717, 1.165) is 7.11 Å². The zero-order valence-electron chi connectivity index (χ0n) is 8.89. The van der Waals surface area contributed by atoms with Crippen LogP contribution in [0.1, 0.15) is 28.2 Å². The van der Waals surface area contributed by atoms with Gasteiger partial charge in [-0.25, -0.2) is 18.6 Å². The van der Waals surface area contributed by atoms with E-state index in [0.29, 0.717) is 6.07 Å². The molecule has 0 N–H and O–H groups in total. The van der Waals surface area contributed by atoms with Crippen molar-refractivity contribution in [3.63, 3.8) is 0 Å². The third kappa shape index (κ3) is 2.37. The number of hydrogen-bond donors (Lipinski definition) is 0. The number of methoxy groups -OCH3 is 1. The second-order valence-electron chi connectivity index (χ2n) is 2.95. The fourth-order valence-corrected chi connectivity index (χ4v) is 1.18. The van der Waals surface area contributed by atoms with E-state index in [2.05, 4.69) is 9.72 Å². The largest absolute Gasteiger partial charge is 0.464 e. The third-order valence-electron chi connectivity index (χ3n) is 1.94. The highest BCUT2D eigenvalue weighted by Crippen LogP contribution is 2.28. The first kappa shape index (κ1) is 13.4. The van der Waals surface area contributed by atoms with E-state index in [1.54, 1.807) is 0 Å². The Morgan fingerprint density at radius 3 is 2.67 bits per heavy atom. The van der Waals surface area contributed by atoms with Crippen molar-refractivity contribution in [2.75, 3.05) is 7.11 Å². The summed E-state index contributed by atoms with van der Waals surface area (Å²) in [5.41, 5.74) is -3.56. The number of nitrogens with zero attached hydrogens (tertiary/aromatic N) is 3. The highest BCUT2D eigenvalue weighted by Gasteiger charge is 2.28. The number of nitriles is 1. The van der Waals surface area contributed by atoms with E-state index in [4.69, 9.17) is 5.26 Å². The Labute approximate surface area is 98.8 Å². The number of carbonyl (C=O) groups is 1. The molecule has 7 nitrogen and oxygen atoms in total. The van der Waals surface area contributed by atoms with Crippen LogP contribution in [0.15, 0.2) is 6.07 Å². The first-order valence-corrected chi connectivity index (χ1v) is 4.38. The highest BCUT2D eigenvalue weighted by molar-refractivity contribution is 5.88. The molecule has 0 radical (unpaired) electrons. The monoisotopic (exact) mass is 257 g/mol. The molecule has 0 saturated carbocycles. The van der Waals surface area contributed by atoms with E-state index < -0.39 is 40.0 Å². The normalized spacial score (nSPS) is 9.94. The zero-order chi connectivity index (χ0) is 13.9. The van der Waals surface area contributed by atoms with E-state index in [1.165, 1.54) is 6.07 Å². The van der Waals surface area contributed by atoms with Crippen LogP contribution >= 0.6 is 0 Å². The molecule has 1 rings (SSSR count). The number of aromatic nitrogens is 1. The van der Waals surface area contributed by atoms with Crippen molar-refractivity contribution in [2.45, 2.75) is 6.43 Å². The predicted octanol–water partition coefficient (Wildman–Crippen LogP) is 1.59. The molecule has 0 amide bonds. The molecular weight excluding hydrogens is 252 g/mol. The molecule has 0 fully saturated rings. The maximum atomic E-state index is 12.6. The van der Waals surface area contributed by atoms with Gasteiger partial charge in [-0.2, -0.15) is 5.26 Å². The van der Waals surface area contributed by atoms with Gasteiger partial charge in [-0.15, -0.1) is 0 Å². The standard InChI is InChI=1S/C9H5F2N3O4/c1-18-9(15)5-2-6(14(16)17)4(3-12)7(13-5)8(10)11/h2,8H,1H3. The molecule has 1 aromatic rings. The molecule has 9 heteroatoms. The maximum Gasteiger partial charge on any atom is 0.356 e. The summed E-state index contributed by atoms with van der Waals surface area (Å²) in [5.74, 6) is -1.11. The molecule has 1 aromatic heterocycles. The van der Waals surface area contributed by atoms with Crippen LogP contribution in [0.2, 0.25) is 0 Å². The summed E-state index contributed by atoms with van der Waals surface area (Å²) in [7, 11) is 0.968. The quantitative estimate of drug-likeness (QED) is 0.462. The van der Waals surface area contributed by atoms with Gasteiger partial charge < -0.3 is 4.74 Å². The van der Waals surface area contributed by atoms with Crippen molar-refractivity contribution in [1.29, 1.82) is 5.26 Å². The topological polar surface area (TPSA) is 106 Å². The lowest BCUT2D eigenvalue weighted by molar-refractivity contribution is -0.385. The molecule has 0 aliphatic carbocycles. The van der Waals surface area contributed by atoms with Gasteiger partial charge in [-0.3, -0.25) is 10.1 Å². The molecular formula is C9H5F2N3O4. The van der Waals surface area contributed by atoms with Gasteiger partial charge in [0.15, 0.2) is 11.3 Å². The second-order valence-corrected chi connectivity index (χ2v) is 2.95. The zero-order valence-corrected chi connectivity index (χ0v) is 8.89. The van der Waals surface area contributed by atoms with Crippen molar-refractivity contribution in [1.82, 2.24) is 4.98 Å². The number of nitro groups is 1. The fourth-order valence-electron chi connectivity index (χ4n) is 1.18. The van der Waals surface area contributed by atoms with Gasteiger partial charge in [-0.05, 0) is 0 Å². The van der Waals surface area contributed by atoms with Crippen LogP contribution in [0.3, 0.4) is 0 Å². The molecule has 18 heavy (non-hydrogen) atoms. The fraction of sp³-hybridized carbons (Fsp3) is 0.222. The average molecular weight is 257 g/mol. The summed E-state index contributed by atoms with van der Waals surface area (Å²) >= 11 is 0.